The second kappa shape index (κ2) is 6.74. The Morgan fingerprint density at radius 3 is 2.67 bits per heavy atom. The standard InChI is InChI=1S/C17H17ClN2O/c18-16-9-5-4-8-15(16)17-10-14(21-20-17)12-19-11-13-6-2-1-3-7-13/h1-9,14,19H,10-12H2/p+1/t14-/m1/s1. The number of hydrogen-bond acceptors (Lipinski definition) is 2. The molecule has 2 aromatic rings. The number of halogens is 1. The Hall–Kier alpha value is -1.84. The van der Waals surface area contributed by atoms with Crippen LogP contribution in [0.5, 0.6) is 0 Å². The average molecular weight is 302 g/mol. The molecule has 21 heavy (non-hydrogen) atoms. The van der Waals surface area contributed by atoms with Gasteiger partial charge in [-0.15, -0.1) is 0 Å². The Labute approximate surface area is 129 Å². The highest BCUT2D eigenvalue weighted by Gasteiger charge is 2.24. The summed E-state index contributed by atoms with van der Waals surface area (Å²) in [6.07, 6.45) is 0.939. The van der Waals surface area contributed by atoms with Crippen LogP contribution < -0.4 is 5.32 Å². The van der Waals surface area contributed by atoms with Crippen molar-refractivity contribution in [2.75, 3.05) is 6.54 Å². The number of benzene rings is 2. The summed E-state index contributed by atoms with van der Waals surface area (Å²) in [5, 5.41) is 7.17. The zero-order valence-electron chi connectivity index (χ0n) is 11.7. The predicted octanol–water partition coefficient (Wildman–Crippen LogP) is 2.60. The number of nitrogens with two attached hydrogens (primary N) is 1. The van der Waals surface area contributed by atoms with Crippen LogP contribution in [0.1, 0.15) is 17.5 Å². The zero-order valence-corrected chi connectivity index (χ0v) is 12.5. The molecule has 1 atom stereocenters. The van der Waals surface area contributed by atoms with Crippen molar-refractivity contribution >= 4 is 17.3 Å². The van der Waals surface area contributed by atoms with Gasteiger partial charge in [0.05, 0.1) is 5.71 Å². The Balaban J connectivity index is 1.49. The molecule has 0 radical (unpaired) electrons. The lowest BCUT2D eigenvalue weighted by molar-refractivity contribution is -0.676. The van der Waals surface area contributed by atoms with E-state index in [2.05, 4.69) is 34.7 Å². The van der Waals surface area contributed by atoms with Crippen molar-refractivity contribution in [1.82, 2.24) is 0 Å². The largest absolute Gasteiger partial charge is 0.386 e. The quantitative estimate of drug-likeness (QED) is 0.906. The van der Waals surface area contributed by atoms with E-state index >= 15 is 0 Å². The summed E-state index contributed by atoms with van der Waals surface area (Å²) in [5.41, 5.74) is 3.24. The van der Waals surface area contributed by atoms with Crippen molar-refractivity contribution < 1.29 is 10.2 Å². The average Bonchev–Trinajstić information content (AvgIpc) is 2.97. The summed E-state index contributed by atoms with van der Waals surface area (Å²) >= 11 is 6.19. The Morgan fingerprint density at radius 1 is 1.10 bits per heavy atom. The number of quaternary nitrogens is 1. The van der Waals surface area contributed by atoms with E-state index in [-0.39, 0.29) is 6.10 Å². The van der Waals surface area contributed by atoms with Crippen LogP contribution in [0.2, 0.25) is 5.02 Å². The monoisotopic (exact) mass is 301 g/mol. The minimum absolute atomic E-state index is 0.125. The van der Waals surface area contributed by atoms with E-state index in [0.29, 0.717) is 0 Å². The number of nitrogens with zero attached hydrogens (tertiary/aromatic N) is 1. The first-order valence-corrected chi connectivity index (χ1v) is 7.54. The molecule has 1 heterocycles. The smallest absolute Gasteiger partial charge is 0.181 e. The van der Waals surface area contributed by atoms with Crippen LogP contribution in [0.15, 0.2) is 59.8 Å². The maximum atomic E-state index is 6.19. The molecule has 2 N–H and O–H groups in total. The fourth-order valence-electron chi connectivity index (χ4n) is 2.46. The molecule has 0 spiro atoms. The summed E-state index contributed by atoms with van der Waals surface area (Å²) in [6.45, 7) is 1.86. The normalized spacial score (nSPS) is 17.4. The maximum Gasteiger partial charge on any atom is 0.181 e. The SMILES string of the molecule is Clc1ccccc1C1=NO[C@@H](C[NH2+]Cc2ccccc2)C1. The molecule has 3 rings (SSSR count). The highest BCUT2D eigenvalue weighted by atomic mass is 35.5. The molecule has 0 amide bonds. The van der Waals surface area contributed by atoms with Crippen molar-refractivity contribution in [2.45, 2.75) is 19.1 Å². The van der Waals surface area contributed by atoms with Crippen LogP contribution in [0.25, 0.3) is 0 Å². The van der Waals surface area contributed by atoms with Crippen LogP contribution in [0.3, 0.4) is 0 Å². The van der Waals surface area contributed by atoms with Gasteiger partial charge < -0.3 is 10.2 Å². The van der Waals surface area contributed by atoms with E-state index in [1.54, 1.807) is 0 Å². The van der Waals surface area contributed by atoms with Gasteiger partial charge in [-0.2, -0.15) is 0 Å². The lowest BCUT2D eigenvalue weighted by Crippen LogP contribution is -2.84. The van der Waals surface area contributed by atoms with Gasteiger partial charge in [-0.1, -0.05) is 65.3 Å². The van der Waals surface area contributed by atoms with E-state index in [1.807, 2.05) is 30.3 Å². The fourth-order valence-corrected chi connectivity index (χ4v) is 2.70. The molecular formula is C17H18ClN2O+. The molecule has 3 nitrogen and oxygen atoms in total. The zero-order chi connectivity index (χ0) is 14.5. The molecule has 108 valence electrons. The minimum Gasteiger partial charge on any atom is -0.386 e. The summed E-state index contributed by atoms with van der Waals surface area (Å²) in [5.74, 6) is 0. The van der Waals surface area contributed by atoms with E-state index in [4.69, 9.17) is 16.4 Å². The second-order valence-corrected chi connectivity index (χ2v) is 5.57. The van der Waals surface area contributed by atoms with Crippen LogP contribution in [0.4, 0.5) is 0 Å². The van der Waals surface area contributed by atoms with Gasteiger partial charge in [0.2, 0.25) is 0 Å². The van der Waals surface area contributed by atoms with Gasteiger partial charge in [-0.05, 0) is 6.07 Å². The van der Waals surface area contributed by atoms with E-state index in [9.17, 15) is 0 Å². The summed E-state index contributed by atoms with van der Waals surface area (Å²) in [6, 6.07) is 18.2. The summed E-state index contributed by atoms with van der Waals surface area (Å²) in [7, 11) is 0. The summed E-state index contributed by atoms with van der Waals surface area (Å²) in [4.78, 5) is 5.51. The molecule has 0 saturated heterocycles. The van der Waals surface area contributed by atoms with Crippen LogP contribution in [0, 0.1) is 0 Å². The third-order valence-electron chi connectivity index (χ3n) is 3.57. The molecule has 4 heteroatoms. The molecule has 0 saturated carbocycles. The second-order valence-electron chi connectivity index (χ2n) is 5.16. The molecule has 0 aliphatic carbocycles. The molecule has 2 aromatic carbocycles. The Morgan fingerprint density at radius 2 is 1.86 bits per heavy atom. The van der Waals surface area contributed by atoms with Crippen molar-refractivity contribution in [3.05, 3.63) is 70.7 Å². The van der Waals surface area contributed by atoms with Crippen molar-refractivity contribution in [1.29, 1.82) is 0 Å². The van der Waals surface area contributed by atoms with Crippen LogP contribution in [-0.4, -0.2) is 18.4 Å². The van der Waals surface area contributed by atoms with Gasteiger partial charge in [0, 0.05) is 22.6 Å². The maximum absolute atomic E-state index is 6.19. The Kier molecular flexibility index (Phi) is 4.53. The molecule has 1 aliphatic heterocycles. The molecule has 0 unspecified atom stereocenters. The molecule has 1 aliphatic rings. The third-order valence-corrected chi connectivity index (χ3v) is 3.90. The third kappa shape index (κ3) is 3.63. The molecule has 0 aromatic heterocycles. The first-order chi connectivity index (χ1) is 10.3. The van der Waals surface area contributed by atoms with Gasteiger partial charge >= 0.3 is 0 Å². The predicted molar refractivity (Wildman–Crippen MR) is 84.4 cm³/mol. The first kappa shape index (κ1) is 14.1. The topological polar surface area (TPSA) is 38.2 Å². The number of hydrogen-bond donors (Lipinski definition) is 1. The van der Waals surface area contributed by atoms with Gasteiger partial charge in [-0.25, -0.2) is 0 Å². The molecular weight excluding hydrogens is 284 g/mol. The fraction of sp³-hybridized carbons (Fsp3) is 0.235. The summed E-state index contributed by atoms with van der Waals surface area (Å²) < 4.78 is 0. The van der Waals surface area contributed by atoms with E-state index in [0.717, 1.165) is 35.8 Å². The number of oxime groups is 1. The number of rotatable bonds is 5. The van der Waals surface area contributed by atoms with Crippen molar-refractivity contribution in [3.63, 3.8) is 0 Å². The van der Waals surface area contributed by atoms with Gasteiger partial charge in [-0.3, -0.25) is 0 Å². The molecule has 0 bridgehead atoms. The first-order valence-electron chi connectivity index (χ1n) is 7.16. The van der Waals surface area contributed by atoms with Crippen LogP contribution >= 0.6 is 11.6 Å². The van der Waals surface area contributed by atoms with Gasteiger partial charge in [0.15, 0.2) is 6.10 Å². The highest BCUT2D eigenvalue weighted by molar-refractivity contribution is 6.34. The van der Waals surface area contributed by atoms with E-state index < -0.39 is 0 Å². The van der Waals surface area contributed by atoms with Crippen molar-refractivity contribution in [3.8, 4) is 0 Å². The van der Waals surface area contributed by atoms with Crippen molar-refractivity contribution in [2.24, 2.45) is 5.16 Å². The lowest BCUT2D eigenvalue weighted by atomic mass is 10.0. The highest BCUT2D eigenvalue weighted by Crippen LogP contribution is 2.22. The van der Waals surface area contributed by atoms with Gasteiger partial charge in [0.1, 0.15) is 13.1 Å². The lowest BCUT2D eigenvalue weighted by Gasteiger charge is -2.07. The minimum atomic E-state index is 0.125. The van der Waals surface area contributed by atoms with Crippen LogP contribution in [-0.2, 0) is 11.4 Å². The molecule has 0 fully saturated rings. The Bertz CT molecular complexity index is 628. The van der Waals surface area contributed by atoms with E-state index in [1.165, 1.54) is 5.56 Å². The van der Waals surface area contributed by atoms with Gasteiger partial charge in [0.25, 0.3) is 0 Å².